The highest BCUT2D eigenvalue weighted by atomic mass is 19.1. The van der Waals surface area contributed by atoms with Gasteiger partial charge in [-0.2, -0.15) is 0 Å². The standard InChI is InChI=1S/C22H24FNO7/c23-18-4-2-1-3-15(18)13-31-17-7-5-14(6-8-17)19-9-10-22(20(27)28,11-16(26)12-25)24(19)21(29)30/h1-8,16,19,25-26H,9-13H2,(H,27,28)(H,29,30)/t16?,19-,22-/m1/s1. The summed E-state index contributed by atoms with van der Waals surface area (Å²) in [6.45, 7) is -0.640. The number of aliphatic hydroxyl groups excluding tert-OH is 2. The minimum Gasteiger partial charge on any atom is -0.489 e. The van der Waals surface area contributed by atoms with Crippen molar-refractivity contribution < 1.29 is 39.1 Å². The van der Waals surface area contributed by atoms with Crippen LogP contribution in [0.3, 0.4) is 0 Å². The molecule has 1 unspecified atom stereocenters. The lowest BCUT2D eigenvalue weighted by Crippen LogP contribution is -2.55. The molecular weight excluding hydrogens is 409 g/mol. The van der Waals surface area contributed by atoms with Gasteiger partial charge in [-0.1, -0.05) is 30.3 Å². The van der Waals surface area contributed by atoms with Crippen LogP contribution in [0.25, 0.3) is 0 Å². The number of hydrogen-bond acceptors (Lipinski definition) is 5. The van der Waals surface area contributed by atoms with Gasteiger partial charge < -0.3 is 25.2 Å². The van der Waals surface area contributed by atoms with Crippen molar-refractivity contribution in [1.29, 1.82) is 0 Å². The molecule has 1 aliphatic heterocycles. The molecule has 31 heavy (non-hydrogen) atoms. The van der Waals surface area contributed by atoms with E-state index in [0.29, 0.717) is 16.9 Å². The summed E-state index contributed by atoms with van der Waals surface area (Å²) in [5, 5.41) is 38.5. The molecule has 166 valence electrons. The van der Waals surface area contributed by atoms with Crippen molar-refractivity contribution in [3.8, 4) is 5.75 Å². The van der Waals surface area contributed by atoms with Gasteiger partial charge in [0, 0.05) is 12.0 Å². The first kappa shape index (κ1) is 22.5. The van der Waals surface area contributed by atoms with Crippen molar-refractivity contribution in [3.63, 3.8) is 0 Å². The van der Waals surface area contributed by atoms with Crippen LogP contribution >= 0.6 is 0 Å². The Balaban J connectivity index is 1.79. The van der Waals surface area contributed by atoms with Crippen LogP contribution < -0.4 is 4.74 Å². The number of hydrogen-bond donors (Lipinski definition) is 4. The fraction of sp³-hybridized carbons (Fsp3) is 0.364. The van der Waals surface area contributed by atoms with Gasteiger partial charge in [-0.25, -0.2) is 14.0 Å². The van der Waals surface area contributed by atoms with Gasteiger partial charge in [0.15, 0.2) is 0 Å². The molecule has 8 nitrogen and oxygen atoms in total. The minimum absolute atomic E-state index is 0.00188. The van der Waals surface area contributed by atoms with Crippen LogP contribution in [0.2, 0.25) is 0 Å². The summed E-state index contributed by atoms with van der Waals surface area (Å²) in [5.74, 6) is -1.29. The van der Waals surface area contributed by atoms with Crippen LogP contribution in [0.1, 0.15) is 36.4 Å². The molecular formula is C22H24FNO7. The van der Waals surface area contributed by atoms with Crippen LogP contribution in [0.5, 0.6) is 5.75 Å². The molecule has 0 aromatic heterocycles. The number of carboxylic acids is 1. The number of ether oxygens (including phenoxy) is 1. The maximum atomic E-state index is 13.7. The lowest BCUT2D eigenvalue weighted by atomic mass is 9.89. The molecule has 0 spiro atoms. The quantitative estimate of drug-likeness (QED) is 0.504. The number of nitrogens with zero attached hydrogens (tertiary/aromatic N) is 1. The lowest BCUT2D eigenvalue weighted by molar-refractivity contribution is -0.152. The highest BCUT2D eigenvalue weighted by Gasteiger charge is 2.55. The third kappa shape index (κ3) is 4.62. The van der Waals surface area contributed by atoms with Gasteiger partial charge >= 0.3 is 12.1 Å². The average molecular weight is 433 g/mol. The summed E-state index contributed by atoms with van der Waals surface area (Å²) in [7, 11) is 0. The molecule has 0 aliphatic carbocycles. The average Bonchev–Trinajstić information content (AvgIpc) is 3.14. The second kappa shape index (κ2) is 9.32. The first-order chi connectivity index (χ1) is 14.8. The van der Waals surface area contributed by atoms with Crippen molar-refractivity contribution in [3.05, 3.63) is 65.5 Å². The van der Waals surface area contributed by atoms with E-state index in [1.165, 1.54) is 6.07 Å². The normalized spacial score (nSPS) is 21.6. The van der Waals surface area contributed by atoms with Crippen molar-refractivity contribution in [2.45, 2.75) is 43.6 Å². The molecule has 0 saturated carbocycles. The van der Waals surface area contributed by atoms with Gasteiger partial charge in [0.25, 0.3) is 0 Å². The number of aliphatic carboxylic acids is 1. The predicted octanol–water partition coefficient (Wildman–Crippen LogP) is 2.79. The van der Waals surface area contributed by atoms with Crippen molar-refractivity contribution >= 4 is 12.1 Å². The Bertz CT molecular complexity index is 936. The highest BCUT2D eigenvalue weighted by molar-refractivity contribution is 5.85. The molecule has 3 rings (SSSR count). The molecule has 1 heterocycles. The molecule has 1 fully saturated rings. The first-order valence-electron chi connectivity index (χ1n) is 9.79. The van der Waals surface area contributed by atoms with Gasteiger partial charge in [0.05, 0.1) is 18.8 Å². The fourth-order valence-corrected chi connectivity index (χ4v) is 4.07. The summed E-state index contributed by atoms with van der Waals surface area (Å²) in [6.07, 6.45) is -2.94. The second-order valence-electron chi connectivity index (χ2n) is 7.53. The third-order valence-electron chi connectivity index (χ3n) is 5.61. The van der Waals surface area contributed by atoms with Crippen LogP contribution in [0, 0.1) is 5.82 Å². The molecule has 9 heteroatoms. The summed E-state index contributed by atoms with van der Waals surface area (Å²) in [5.41, 5.74) is -0.867. The van der Waals surface area contributed by atoms with Crippen LogP contribution in [-0.2, 0) is 11.4 Å². The molecule has 0 bridgehead atoms. The van der Waals surface area contributed by atoms with Gasteiger partial charge in [0.2, 0.25) is 0 Å². The highest BCUT2D eigenvalue weighted by Crippen LogP contribution is 2.45. The van der Waals surface area contributed by atoms with Crippen molar-refractivity contribution in [2.24, 2.45) is 0 Å². The Kier molecular flexibility index (Phi) is 6.77. The van der Waals surface area contributed by atoms with E-state index in [0.717, 1.165) is 4.90 Å². The Hall–Kier alpha value is -3.17. The number of likely N-dealkylation sites (tertiary alicyclic amines) is 1. The molecule has 1 aliphatic rings. The zero-order valence-electron chi connectivity index (χ0n) is 16.6. The van der Waals surface area contributed by atoms with Gasteiger partial charge in [-0.15, -0.1) is 0 Å². The Morgan fingerprint density at radius 2 is 1.84 bits per heavy atom. The minimum atomic E-state index is -1.83. The van der Waals surface area contributed by atoms with Crippen LogP contribution in [-0.4, -0.2) is 55.6 Å². The topological polar surface area (TPSA) is 128 Å². The summed E-state index contributed by atoms with van der Waals surface area (Å²) < 4.78 is 19.3. The number of benzene rings is 2. The predicted molar refractivity (Wildman–Crippen MR) is 107 cm³/mol. The van der Waals surface area contributed by atoms with Crippen molar-refractivity contribution in [2.75, 3.05) is 6.61 Å². The van der Waals surface area contributed by atoms with E-state index in [1.54, 1.807) is 42.5 Å². The Labute approximate surface area is 178 Å². The summed E-state index contributed by atoms with van der Waals surface area (Å²) in [6, 6.07) is 12.0. The fourth-order valence-electron chi connectivity index (χ4n) is 4.07. The molecule has 2 aromatic rings. The third-order valence-corrected chi connectivity index (χ3v) is 5.61. The number of amides is 1. The Morgan fingerprint density at radius 1 is 1.16 bits per heavy atom. The van der Waals surface area contributed by atoms with Crippen molar-refractivity contribution in [1.82, 2.24) is 4.90 Å². The molecule has 2 aromatic carbocycles. The molecule has 1 amide bonds. The number of rotatable bonds is 8. The maximum absolute atomic E-state index is 13.7. The monoisotopic (exact) mass is 433 g/mol. The van der Waals surface area contributed by atoms with Gasteiger partial charge in [-0.3, -0.25) is 4.90 Å². The number of carboxylic acid groups (broad SMARTS) is 2. The SMILES string of the molecule is O=C(O)N1[C@@H](c2ccc(OCc3ccccc3F)cc2)CC[C@@]1(CC(O)CO)C(=O)O. The first-order valence-corrected chi connectivity index (χ1v) is 9.79. The summed E-state index contributed by atoms with van der Waals surface area (Å²) >= 11 is 0. The second-order valence-corrected chi connectivity index (χ2v) is 7.53. The number of carbonyl (C=O) groups is 2. The maximum Gasteiger partial charge on any atom is 0.408 e. The van der Waals surface area contributed by atoms with E-state index in [2.05, 4.69) is 0 Å². The molecule has 0 radical (unpaired) electrons. The van der Waals surface area contributed by atoms with E-state index >= 15 is 0 Å². The number of halogens is 1. The summed E-state index contributed by atoms with van der Waals surface area (Å²) in [4.78, 5) is 24.9. The number of aliphatic hydroxyl groups is 2. The molecule has 1 saturated heterocycles. The van der Waals surface area contributed by atoms with Gasteiger partial charge in [0.1, 0.15) is 23.7 Å². The lowest BCUT2D eigenvalue weighted by Gasteiger charge is -2.37. The van der Waals surface area contributed by atoms with E-state index in [9.17, 15) is 29.3 Å². The van der Waals surface area contributed by atoms with E-state index in [-0.39, 0.29) is 25.3 Å². The van der Waals surface area contributed by atoms with Crippen LogP contribution in [0.15, 0.2) is 48.5 Å². The smallest absolute Gasteiger partial charge is 0.408 e. The zero-order valence-corrected chi connectivity index (χ0v) is 16.6. The molecule has 3 atom stereocenters. The van der Waals surface area contributed by atoms with Crippen LogP contribution in [0.4, 0.5) is 9.18 Å². The molecule has 4 N–H and O–H groups in total. The van der Waals surface area contributed by atoms with E-state index < -0.39 is 42.8 Å². The largest absolute Gasteiger partial charge is 0.489 e. The van der Waals surface area contributed by atoms with E-state index in [1.807, 2.05) is 0 Å². The Morgan fingerprint density at radius 3 is 2.42 bits per heavy atom. The van der Waals surface area contributed by atoms with Gasteiger partial charge in [-0.05, 0) is 36.6 Å². The van der Waals surface area contributed by atoms with E-state index in [4.69, 9.17) is 9.84 Å². The zero-order chi connectivity index (χ0) is 22.6.